The van der Waals surface area contributed by atoms with Gasteiger partial charge in [0.15, 0.2) is 5.78 Å². The molecule has 0 saturated carbocycles. The van der Waals surface area contributed by atoms with Gasteiger partial charge in [0.1, 0.15) is 0 Å². The molecule has 148 valence electrons. The zero-order valence-electron chi connectivity index (χ0n) is 17.3. The molecule has 1 saturated heterocycles. The van der Waals surface area contributed by atoms with Gasteiger partial charge in [0, 0.05) is 44.8 Å². The van der Waals surface area contributed by atoms with Gasteiger partial charge in [0.25, 0.3) is 0 Å². The van der Waals surface area contributed by atoms with E-state index >= 15 is 0 Å². The molecular formula is C24H31N3O. The van der Waals surface area contributed by atoms with Crippen LogP contribution in [-0.2, 0) is 13.1 Å². The molecule has 0 spiro atoms. The zero-order valence-corrected chi connectivity index (χ0v) is 17.3. The van der Waals surface area contributed by atoms with E-state index in [2.05, 4.69) is 39.9 Å². The lowest BCUT2D eigenvalue weighted by molar-refractivity contribution is 0.104. The van der Waals surface area contributed by atoms with E-state index in [1.54, 1.807) is 6.08 Å². The molecular weight excluding hydrogens is 346 g/mol. The minimum absolute atomic E-state index is 0.0470. The van der Waals surface area contributed by atoms with Crippen LogP contribution in [0.1, 0.15) is 27.0 Å². The molecule has 1 fully saturated rings. The molecule has 0 unspecified atom stereocenters. The van der Waals surface area contributed by atoms with E-state index in [9.17, 15) is 4.79 Å². The monoisotopic (exact) mass is 377 g/mol. The number of hydrogen-bond acceptors (Lipinski definition) is 4. The van der Waals surface area contributed by atoms with Crippen molar-refractivity contribution < 1.29 is 4.79 Å². The van der Waals surface area contributed by atoms with Gasteiger partial charge in [-0.05, 0) is 43.9 Å². The Kier molecular flexibility index (Phi) is 7.15. The Morgan fingerprint density at radius 1 is 1.00 bits per heavy atom. The molecule has 1 aliphatic heterocycles. The van der Waals surface area contributed by atoms with Gasteiger partial charge < -0.3 is 9.80 Å². The molecule has 0 amide bonds. The van der Waals surface area contributed by atoms with Gasteiger partial charge in [0.05, 0.1) is 0 Å². The van der Waals surface area contributed by atoms with Gasteiger partial charge in [-0.15, -0.1) is 0 Å². The van der Waals surface area contributed by atoms with Crippen LogP contribution >= 0.6 is 0 Å². The largest absolute Gasteiger partial charge is 0.305 e. The van der Waals surface area contributed by atoms with Crippen LogP contribution in [0.2, 0.25) is 0 Å². The number of hydrogen-bond donors (Lipinski definition) is 0. The fraction of sp³-hybridized carbons (Fsp3) is 0.375. The van der Waals surface area contributed by atoms with Crippen LogP contribution in [0.5, 0.6) is 0 Å². The minimum Gasteiger partial charge on any atom is -0.305 e. The molecule has 0 aliphatic carbocycles. The molecule has 4 heteroatoms. The van der Waals surface area contributed by atoms with Crippen LogP contribution in [0.15, 0.2) is 54.6 Å². The fourth-order valence-corrected chi connectivity index (χ4v) is 3.49. The Labute approximate surface area is 169 Å². The van der Waals surface area contributed by atoms with E-state index in [-0.39, 0.29) is 5.78 Å². The van der Waals surface area contributed by atoms with Crippen molar-refractivity contribution in [2.75, 3.05) is 47.3 Å². The summed E-state index contributed by atoms with van der Waals surface area (Å²) in [5.74, 6) is 0.0470. The number of carbonyl (C=O) groups is 1. The number of carbonyl (C=O) groups excluding carboxylic acids is 1. The van der Waals surface area contributed by atoms with E-state index in [4.69, 9.17) is 0 Å². The van der Waals surface area contributed by atoms with Gasteiger partial charge in [0.2, 0.25) is 0 Å². The van der Waals surface area contributed by atoms with Gasteiger partial charge in [-0.1, -0.05) is 54.6 Å². The van der Waals surface area contributed by atoms with Crippen molar-refractivity contribution in [2.24, 2.45) is 0 Å². The second-order valence-corrected chi connectivity index (χ2v) is 7.91. The second-order valence-electron chi connectivity index (χ2n) is 7.91. The van der Waals surface area contributed by atoms with Crippen LogP contribution < -0.4 is 0 Å². The maximum Gasteiger partial charge on any atom is 0.185 e. The average Bonchev–Trinajstić information content (AvgIpc) is 2.69. The highest BCUT2D eigenvalue weighted by Crippen LogP contribution is 2.16. The van der Waals surface area contributed by atoms with Crippen molar-refractivity contribution in [3.05, 3.63) is 76.9 Å². The van der Waals surface area contributed by atoms with Crippen molar-refractivity contribution in [3.8, 4) is 0 Å². The zero-order chi connectivity index (χ0) is 19.9. The summed E-state index contributed by atoms with van der Waals surface area (Å²) in [7, 11) is 6.26. The Morgan fingerprint density at radius 3 is 2.36 bits per heavy atom. The number of allylic oxidation sites excluding steroid dienone is 1. The molecule has 1 heterocycles. The predicted molar refractivity (Wildman–Crippen MR) is 116 cm³/mol. The van der Waals surface area contributed by atoms with E-state index in [0.29, 0.717) is 0 Å². The van der Waals surface area contributed by atoms with Crippen molar-refractivity contribution >= 4 is 11.9 Å². The molecule has 28 heavy (non-hydrogen) atoms. The van der Waals surface area contributed by atoms with Crippen molar-refractivity contribution in [2.45, 2.75) is 13.1 Å². The van der Waals surface area contributed by atoms with E-state index in [1.165, 1.54) is 11.1 Å². The molecule has 1 aliphatic rings. The first-order valence-electron chi connectivity index (χ1n) is 9.96. The number of ketones is 1. The van der Waals surface area contributed by atoms with Crippen LogP contribution in [0.3, 0.4) is 0 Å². The normalized spacial score (nSPS) is 16.1. The summed E-state index contributed by atoms with van der Waals surface area (Å²) >= 11 is 0. The second kappa shape index (κ2) is 9.78. The maximum atomic E-state index is 12.6. The Balaban J connectivity index is 1.65. The predicted octanol–water partition coefficient (Wildman–Crippen LogP) is 3.39. The molecule has 0 radical (unpaired) electrons. The van der Waals surface area contributed by atoms with E-state index < -0.39 is 0 Å². The number of rotatable bonds is 7. The first-order chi connectivity index (χ1) is 13.5. The summed E-state index contributed by atoms with van der Waals surface area (Å²) < 4.78 is 0. The topological polar surface area (TPSA) is 26.8 Å². The SMILES string of the molecule is CN(C)Cc1ccc(C(=O)C=Cc2ccccc2CN2CCN(C)CC2)cc1. The maximum absolute atomic E-state index is 12.6. The number of piperazine rings is 1. The van der Waals surface area contributed by atoms with Gasteiger partial charge >= 0.3 is 0 Å². The molecule has 0 aromatic heterocycles. The quantitative estimate of drug-likeness (QED) is 0.546. The van der Waals surface area contributed by atoms with Gasteiger partial charge in [-0.3, -0.25) is 9.69 Å². The standard InChI is InChI=1S/C24H31N3O/c1-25(2)18-20-8-10-22(11-9-20)24(28)13-12-21-6-4-5-7-23(21)19-27-16-14-26(3)15-17-27/h4-13H,14-19H2,1-3H3. The lowest BCUT2D eigenvalue weighted by Gasteiger charge is -2.32. The van der Waals surface area contributed by atoms with Crippen LogP contribution in [0.4, 0.5) is 0 Å². The van der Waals surface area contributed by atoms with Crippen LogP contribution in [0, 0.1) is 0 Å². The third-order valence-corrected chi connectivity index (χ3v) is 5.20. The molecule has 3 rings (SSSR count). The number of likely N-dealkylation sites (N-methyl/N-ethyl adjacent to an activating group) is 1. The van der Waals surface area contributed by atoms with Crippen molar-refractivity contribution in [1.29, 1.82) is 0 Å². The third-order valence-electron chi connectivity index (χ3n) is 5.20. The Bertz CT molecular complexity index is 803. The summed E-state index contributed by atoms with van der Waals surface area (Å²) in [5.41, 5.74) is 4.34. The van der Waals surface area contributed by atoms with E-state index in [1.807, 2.05) is 50.5 Å². The molecule has 0 N–H and O–H groups in total. The first-order valence-corrected chi connectivity index (χ1v) is 9.96. The highest BCUT2D eigenvalue weighted by Gasteiger charge is 2.14. The fourth-order valence-electron chi connectivity index (χ4n) is 3.49. The lowest BCUT2D eigenvalue weighted by Crippen LogP contribution is -2.43. The smallest absolute Gasteiger partial charge is 0.185 e. The Hall–Kier alpha value is -2.27. The van der Waals surface area contributed by atoms with Crippen molar-refractivity contribution in [3.63, 3.8) is 0 Å². The molecule has 2 aromatic carbocycles. The minimum atomic E-state index is 0.0470. The molecule has 0 bridgehead atoms. The number of nitrogens with zero attached hydrogens (tertiary/aromatic N) is 3. The van der Waals surface area contributed by atoms with Crippen LogP contribution in [-0.4, -0.2) is 67.8 Å². The molecule has 4 nitrogen and oxygen atoms in total. The summed E-state index contributed by atoms with van der Waals surface area (Å²) in [6.07, 6.45) is 3.66. The highest BCUT2D eigenvalue weighted by atomic mass is 16.1. The van der Waals surface area contributed by atoms with Crippen LogP contribution in [0.25, 0.3) is 6.08 Å². The molecule has 0 atom stereocenters. The number of benzene rings is 2. The van der Waals surface area contributed by atoms with Crippen molar-refractivity contribution in [1.82, 2.24) is 14.7 Å². The lowest BCUT2D eigenvalue weighted by atomic mass is 10.0. The summed E-state index contributed by atoms with van der Waals surface area (Å²) in [4.78, 5) is 19.5. The van der Waals surface area contributed by atoms with Gasteiger partial charge in [-0.25, -0.2) is 0 Å². The highest BCUT2D eigenvalue weighted by molar-refractivity contribution is 6.06. The van der Waals surface area contributed by atoms with Gasteiger partial charge in [-0.2, -0.15) is 0 Å². The van der Waals surface area contributed by atoms with E-state index in [0.717, 1.165) is 50.4 Å². The third kappa shape index (κ3) is 5.86. The summed E-state index contributed by atoms with van der Waals surface area (Å²) in [5, 5.41) is 0. The molecule has 2 aromatic rings. The summed E-state index contributed by atoms with van der Waals surface area (Å²) in [6, 6.07) is 16.3. The first kappa shape index (κ1) is 20.5. The Morgan fingerprint density at radius 2 is 1.68 bits per heavy atom. The average molecular weight is 378 g/mol. The summed E-state index contributed by atoms with van der Waals surface area (Å²) in [6.45, 7) is 6.21.